The molecule has 6 nitrogen and oxygen atoms in total. The Balaban J connectivity index is 2.14. The zero-order chi connectivity index (χ0) is 15.0. The van der Waals surface area contributed by atoms with Crippen LogP contribution in [0.3, 0.4) is 0 Å². The van der Waals surface area contributed by atoms with Crippen LogP contribution in [0.5, 0.6) is 0 Å². The minimum absolute atomic E-state index is 0.477. The van der Waals surface area contributed by atoms with E-state index in [0.29, 0.717) is 28.5 Å². The fraction of sp³-hybridized carbons (Fsp3) is 0.214. The van der Waals surface area contributed by atoms with E-state index in [2.05, 4.69) is 20.3 Å². The summed E-state index contributed by atoms with van der Waals surface area (Å²) in [6, 6.07) is 7.33. The van der Waals surface area contributed by atoms with Crippen LogP contribution in [0.2, 0.25) is 5.02 Å². The number of benzene rings is 1. The molecule has 1 N–H and O–H groups in total. The summed E-state index contributed by atoms with van der Waals surface area (Å²) in [5.41, 5.74) is 0.743. The number of aromatic nitrogens is 3. The van der Waals surface area contributed by atoms with E-state index in [1.165, 1.54) is 0 Å². The number of fused-ring (bicyclic) bond motifs is 1. The molecule has 0 saturated carbocycles. The van der Waals surface area contributed by atoms with Crippen molar-refractivity contribution in [1.29, 1.82) is 0 Å². The Morgan fingerprint density at radius 1 is 1.14 bits per heavy atom. The normalized spacial score (nSPS) is 10.9. The third-order valence-electron chi connectivity index (χ3n) is 2.95. The van der Waals surface area contributed by atoms with E-state index in [0.717, 1.165) is 11.0 Å². The van der Waals surface area contributed by atoms with Crippen molar-refractivity contribution in [2.24, 2.45) is 0 Å². The maximum Gasteiger partial charge on any atom is 0.230 e. The van der Waals surface area contributed by atoms with Gasteiger partial charge in [-0.15, -0.1) is 0 Å². The van der Waals surface area contributed by atoms with E-state index in [-0.39, 0.29) is 0 Å². The van der Waals surface area contributed by atoms with Crippen LogP contribution in [0.4, 0.5) is 11.9 Å². The molecule has 0 unspecified atom stereocenters. The average Bonchev–Trinajstić information content (AvgIpc) is 2.89. The van der Waals surface area contributed by atoms with Gasteiger partial charge in [0.1, 0.15) is 5.58 Å². The molecule has 0 aliphatic rings. The molecule has 1 aromatic carbocycles. The molecule has 21 heavy (non-hydrogen) atoms. The first-order valence-electron chi connectivity index (χ1n) is 6.37. The van der Waals surface area contributed by atoms with Gasteiger partial charge in [-0.2, -0.15) is 15.0 Å². The zero-order valence-corrected chi connectivity index (χ0v) is 12.6. The van der Waals surface area contributed by atoms with Crippen LogP contribution < -0.4 is 10.2 Å². The fourth-order valence-corrected chi connectivity index (χ4v) is 2.09. The molecule has 3 rings (SSSR count). The Morgan fingerprint density at radius 3 is 2.67 bits per heavy atom. The van der Waals surface area contributed by atoms with Crippen LogP contribution in [-0.4, -0.2) is 36.1 Å². The first-order chi connectivity index (χ1) is 10.1. The second kappa shape index (κ2) is 5.21. The van der Waals surface area contributed by atoms with Gasteiger partial charge in [-0.1, -0.05) is 11.6 Å². The molecule has 2 heterocycles. The second-order valence-corrected chi connectivity index (χ2v) is 5.16. The van der Waals surface area contributed by atoms with Crippen molar-refractivity contribution < 1.29 is 4.42 Å². The minimum atomic E-state index is 0.477. The molecule has 108 valence electrons. The van der Waals surface area contributed by atoms with Gasteiger partial charge in [0.2, 0.25) is 17.7 Å². The van der Waals surface area contributed by atoms with Crippen LogP contribution >= 0.6 is 11.6 Å². The van der Waals surface area contributed by atoms with E-state index in [1.54, 1.807) is 13.1 Å². The Morgan fingerprint density at radius 2 is 1.95 bits per heavy atom. The van der Waals surface area contributed by atoms with Gasteiger partial charge in [-0.25, -0.2) is 0 Å². The van der Waals surface area contributed by atoms with Crippen LogP contribution in [0, 0.1) is 0 Å². The number of anilines is 2. The monoisotopic (exact) mass is 303 g/mol. The Hall–Kier alpha value is -2.34. The highest BCUT2D eigenvalue weighted by Crippen LogP contribution is 2.28. The number of hydrogen-bond donors (Lipinski definition) is 1. The highest BCUT2D eigenvalue weighted by atomic mass is 35.5. The number of rotatable bonds is 3. The Labute approximate surface area is 126 Å². The summed E-state index contributed by atoms with van der Waals surface area (Å²) in [7, 11) is 5.50. The van der Waals surface area contributed by atoms with Crippen LogP contribution in [0.15, 0.2) is 28.7 Å². The topological polar surface area (TPSA) is 67.1 Å². The lowest BCUT2D eigenvalue weighted by molar-refractivity contribution is 0.624. The molecular formula is C14H14ClN5O. The van der Waals surface area contributed by atoms with Crippen molar-refractivity contribution in [2.75, 3.05) is 31.4 Å². The van der Waals surface area contributed by atoms with Gasteiger partial charge in [0.25, 0.3) is 0 Å². The fourth-order valence-electron chi connectivity index (χ4n) is 1.91. The molecule has 0 spiro atoms. The molecule has 0 fully saturated rings. The number of nitrogens with zero attached hydrogens (tertiary/aromatic N) is 4. The highest BCUT2D eigenvalue weighted by molar-refractivity contribution is 6.31. The summed E-state index contributed by atoms with van der Waals surface area (Å²) in [4.78, 5) is 14.8. The molecule has 7 heteroatoms. The van der Waals surface area contributed by atoms with Crippen molar-refractivity contribution >= 4 is 34.5 Å². The molecule has 3 aromatic rings. The van der Waals surface area contributed by atoms with Crippen molar-refractivity contribution in [3.8, 4) is 11.6 Å². The van der Waals surface area contributed by atoms with Crippen molar-refractivity contribution in [1.82, 2.24) is 15.0 Å². The predicted molar refractivity (Wildman–Crippen MR) is 83.9 cm³/mol. The van der Waals surface area contributed by atoms with Gasteiger partial charge in [0.15, 0.2) is 5.76 Å². The first-order valence-corrected chi connectivity index (χ1v) is 6.75. The summed E-state index contributed by atoms with van der Waals surface area (Å²) in [5, 5.41) is 4.50. The Bertz CT molecular complexity index is 799. The van der Waals surface area contributed by atoms with E-state index in [9.17, 15) is 0 Å². The van der Waals surface area contributed by atoms with Gasteiger partial charge < -0.3 is 14.6 Å². The maximum atomic E-state index is 5.99. The molecule has 0 aliphatic carbocycles. The maximum absolute atomic E-state index is 5.99. The molecule has 2 aromatic heterocycles. The summed E-state index contributed by atoms with van der Waals surface area (Å²) in [6.07, 6.45) is 0. The molecular weight excluding hydrogens is 290 g/mol. The van der Waals surface area contributed by atoms with Gasteiger partial charge in [0.05, 0.1) is 0 Å². The van der Waals surface area contributed by atoms with Crippen molar-refractivity contribution in [3.05, 3.63) is 29.3 Å². The molecule has 0 radical (unpaired) electrons. The summed E-state index contributed by atoms with van der Waals surface area (Å²) in [5.74, 6) is 2.10. The van der Waals surface area contributed by atoms with Gasteiger partial charge >= 0.3 is 0 Å². The number of halogens is 1. The predicted octanol–water partition coefficient (Wildman–Crippen LogP) is 3.05. The molecule has 0 aliphatic heterocycles. The first kappa shape index (κ1) is 13.6. The summed E-state index contributed by atoms with van der Waals surface area (Å²) in [6.45, 7) is 0. The van der Waals surface area contributed by atoms with E-state index >= 15 is 0 Å². The lowest BCUT2D eigenvalue weighted by Crippen LogP contribution is -2.15. The van der Waals surface area contributed by atoms with Crippen LogP contribution in [-0.2, 0) is 0 Å². The third-order valence-corrected chi connectivity index (χ3v) is 3.18. The molecule has 0 bridgehead atoms. The quantitative estimate of drug-likeness (QED) is 0.802. The minimum Gasteiger partial charge on any atom is -0.453 e. The molecule has 0 atom stereocenters. The van der Waals surface area contributed by atoms with E-state index < -0.39 is 0 Å². The zero-order valence-electron chi connectivity index (χ0n) is 11.9. The summed E-state index contributed by atoms with van der Waals surface area (Å²) >= 11 is 5.99. The van der Waals surface area contributed by atoms with Crippen molar-refractivity contribution in [3.63, 3.8) is 0 Å². The number of hydrogen-bond acceptors (Lipinski definition) is 6. The smallest absolute Gasteiger partial charge is 0.230 e. The van der Waals surface area contributed by atoms with Gasteiger partial charge in [0, 0.05) is 31.6 Å². The average molecular weight is 304 g/mol. The lowest BCUT2D eigenvalue weighted by Gasteiger charge is -2.11. The third kappa shape index (κ3) is 2.62. The second-order valence-electron chi connectivity index (χ2n) is 4.72. The van der Waals surface area contributed by atoms with Gasteiger partial charge in [-0.3, -0.25) is 0 Å². The largest absolute Gasteiger partial charge is 0.453 e. The van der Waals surface area contributed by atoms with E-state index in [4.69, 9.17) is 16.0 Å². The van der Waals surface area contributed by atoms with Gasteiger partial charge in [-0.05, 0) is 24.3 Å². The molecule has 0 saturated heterocycles. The van der Waals surface area contributed by atoms with E-state index in [1.807, 2.05) is 37.2 Å². The standard InChI is InChI=1S/C14H14ClN5O/c1-16-13-17-12(18-14(19-13)20(2)3)11-7-8-6-9(15)4-5-10(8)21-11/h4-7H,1-3H3,(H,16,17,18,19). The Kier molecular flexibility index (Phi) is 3.39. The lowest BCUT2D eigenvalue weighted by atomic mass is 10.2. The van der Waals surface area contributed by atoms with Crippen LogP contribution in [0.25, 0.3) is 22.6 Å². The highest BCUT2D eigenvalue weighted by Gasteiger charge is 2.13. The number of nitrogens with one attached hydrogen (secondary N) is 1. The number of furan rings is 1. The SMILES string of the molecule is CNc1nc(-c2cc3cc(Cl)ccc3o2)nc(N(C)C)n1. The molecule has 0 amide bonds. The summed E-state index contributed by atoms with van der Waals surface area (Å²) < 4.78 is 5.79. The van der Waals surface area contributed by atoms with Crippen LogP contribution in [0.1, 0.15) is 0 Å². The van der Waals surface area contributed by atoms with Crippen molar-refractivity contribution in [2.45, 2.75) is 0 Å².